The molecule has 1 aliphatic carbocycles. The highest BCUT2D eigenvalue weighted by Gasteiger charge is 2.28. The third-order valence-electron chi connectivity index (χ3n) is 4.85. The van der Waals surface area contributed by atoms with Crippen molar-refractivity contribution in [2.45, 2.75) is 46.1 Å². The maximum Gasteiger partial charge on any atom is 0.342 e. The van der Waals surface area contributed by atoms with Crippen molar-refractivity contribution in [2.75, 3.05) is 6.61 Å². The van der Waals surface area contributed by atoms with Crippen LogP contribution in [-0.4, -0.2) is 29.6 Å². The molecule has 0 unspecified atom stereocenters. The molecule has 2 N–H and O–H groups in total. The van der Waals surface area contributed by atoms with Crippen molar-refractivity contribution in [3.05, 3.63) is 29.3 Å². The SMILES string of the molecule is Cc1cccc(C(=O)OCC(=O)N[C@@H]2CCC[C@H](C)[C@H]2C)c1O. The second kappa shape index (κ2) is 7.49. The Morgan fingerprint density at radius 1 is 1.30 bits per heavy atom. The molecule has 1 aromatic rings. The smallest absolute Gasteiger partial charge is 0.342 e. The van der Waals surface area contributed by atoms with E-state index in [4.69, 9.17) is 4.74 Å². The summed E-state index contributed by atoms with van der Waals surface area (Å²) in [5.41, 5.74) is 0.673. The number of aryl methyl sites for hydroxylation is 1. The van der Waals surface area contributed by atoms with E-state index in [1.807, 2.05) is 0 Å². The van der Waals surface area contributed by atoms with E-state index in [2.05, 4.69) is 19.2 Å². The summed E-state index contributed by atoms with van der Waals surface area (Å²) in [6.45, 7) is 5.71. The first kappa shape index (κ1) is 17.3. The lowest BCUT2D eigenvalue weighted by Crippen LogP contribution is -2.45. The molecule has 0 spiro atoms. The first-order chi connectivity index (χ1) is 10.9. The topological polar surface area (TPSA) is 75.6 Å². The molecule has 0 radical (unpaired) electrons. The van der Waals surface area contributed by atoms with Crippen LogP contribution in [-0.2, 0) is 9.53 Å². The van der Waals surface area contributed by atoms with Gasteiger partial charge in [-0.3, -0.25) is 4.79 Å². The van der Waals surface area contributed by atoms with Gasteiger partial charge in [0.1, 0.15) is 11.3 Å². The van der Waals surface area contributed by atoms with Crippen LogP contribution < -0.4 is 5.32 Å². The summed E-state index contributed by atoms with van der Waals surface area (Å²) in [6, 6.07) is 4.98. The zero-order valence-corrected chi connectivity index (χ0v) is 14.0. The molecule has 1 fully saturated rings. The molecule has 1 aromatic carbocycles. The Labute approximate surface area is 137 Å². The first-order valence-corrected chi connectivity index (χ1v) is 8.15. The van der Waals surface area contributed by atoms with Gasteiger partial charge in [-0.15, -0.1) is 0 Å². The van der Waals surface area contributed by atoms with Crippen LogP contribution in [0.15, 0.2) is 18.2 Å². The lowest BCUT2D eigenvalue weighted by Gasteiger charge is -2.34. The summed E-state index contributed by atoms with van der Waals surface area (Å²) in [5, 5.41) is 12.8. The molecule has 5 nitrogen and oxygen atoms in total. The number of phenols is 1. The number of benzene rings is 1. The van der Waals surface area contributed by atoms with Gasteiger partial charge < -0.3 is 15.2 Å². The molecule has 126 valence electrons. The minimum absolute atomic E-state index is 0.0810. The summed E-state index contributed by atoms with van der Waals surface area (Å²) in [4.78, 5) is 24.0. The number of hydrogen-bond donors (Lipinski definition) is 2. The Morgan fingerprint density at radius 2 is 2.04 bits per heavy atom. The number of esters is 1. The van der Waals surface area contributed by atoms with E-state index in [-0.39, 0.29) is 29.9 Å². The number of nitrogens with one attached hydrogen (secondary N) is 1. The molecule has 0 aromatic heterocycles. The number of carbonyl (C=O) groups is 2. The number of para-hydroxylation sites is 1. The predicted molar refractivity (Wildman–Crippen MR) is 87.2 cm³/mol. The molecule has 5 heteroatoms. The molecule has 23 heavy (non-hydrogen) atoms. The van der Waals surface area contributed by atoms with E-state index in [9.17, 15) is 14.7 Å². The molecule has 1 amide bonds. The fourth-order valence-electron chi connectivity index (χ4n) is 3.07. The molecule has 3 atom stereocenters. The fourth-order valence-corrected chi connectivity index (χ4v) is 3.07. The van der Waals surface area contributed by atoms with Crippen LogP contribution in [0.5, 0.6) is 5.75 Å². The largest absolute Gasteiger partial charge is 0.507 e. The van der Waals surface area contributed by atoms with Crippen molar-refractivity contribution in [1.82, 2.24) is 5.32 Å². The van der Waals surface area contributed by atoms with Gasteiger partial charge in [-0.05, 0) is 36.8 Å². The van der Waals surface area contributed by atoms with Crippen LogP contribution in [0.1, 0.15) is 49.0 Å². The van der Waals surface area contributed by atoms with Crippen LogP contribution in [0.4, 0.5) is 0 Å². The highest BCUT2D eigenvalue weighted by molar-refractivity contribution is 5.94. The minimum atomic E-state index is -0.689. The Morgan fingerprint density at radius 3 is 2.78 bits per heavy atom. The lowest BCUT2D eigenvalue weighted by molar-refractivity contribution is -0.125. The summed E-state index contributed by atoms with van der Waals surface area (Å²) in [6.07, 6.45) is 3.26. The summed E-state index contributed by atoms with van der Waals surface area (Å²) >= 11 is 0. The zero-order chi connectivity index (χ0) is 17.0. The van der Waals surface area contributed by atoms with Crippen LogP contribution in [0, 0.1) is 18.8 Å². The zero-order valence-electron chi connectivity index (χ0n) is 14.0. The molecule has 1 saturated carbocycles. The lowest BCUT2D eigenvalue weighted by atomic mass is 9.78. The maximum absolute atomic E-state index is 12.0. The first-order valence-electron chi connectivity index (χ1n) is 8.15. The van der Waals surface area contributed by atoms with Gasteiger partial charge in [0, 0.05) is 6.04 Å². The van der Waals surface area contributed by atoms with Gasteiger partial charge >= 0.3 is 5.97 Å². The molecular formula is C18H25NO4. The number of ether oxygens (including phenoxy) is 1. The molecule has 1 aliphatic rings. The van der Waals surface area contributed by atoms with Crippen LogP contribution in [0.2, 0.25) is 0 Å². The second-order valence-corrected chi connectivity index (χ2v) is 6.49. The van der Waals surface area contributed by atoms with Gasteiger partial charge in [-0.1, -0.05) is 38.8 Å². The van der Waals surface area contributed by atoms with Crippen molar-refractivity contribution in [3.63, 3.8) is 0 Å². The van der Waals surface area contributed by atoms with Gasteiger partial charge in [0.25, 0.3) is 5.91 Å². The van der Waals surface area contributed by atoms with Gasteiger partial charge in [0.2, 0.25) is 0 Å². The summed E-state index contributed by atoms with van der Waals surface area (Å²) in [5.74, 6) is -0.0828. The van der Waals surface area contributed by atoms with Crippen LogP contribution in [0.25, 0.3) is 0 Å². The Kier molecular flexibility index (Phi) is 5.64. The second-order valence-electron chi connectivity index (χ2n) is 6.49. The van der Waals surface area contributed by atoms with Crippen LogP contribution >= 0.6 is 0 Å². The van der Waals surface area contributed by atoms with Crippen molar-refractivity contribution in [3.8, 4) is 5.75 Å². The summed E-state index contributed by atoms with van der Waals surface area (Å²) < 4.78 is 5.02. The van der Waals surface area contributed by atoms with Crippen molar-refractivity contribution in [1.29, 1.82) is 0 Å². The Bertz CT molecular complexity index is 584. The minimum Gasteiger partial charge on any atom is -0.507 e. The van der Waals surface area contributed by atoms with Crippen molar-refractivity contribution in [2.24, 2.45) is 11.8 Å². The molecule has 0 bridgehead atoms. The Hall–Kier alpha value is -2.04. The van der Waals surface area contributed by atoms with Gasteiger partial charge in [0.15, 0.2) is 6.61 Å². The highest BCUT2D eigenvalue weighted by Crippen LogP contribution is 2.29. The van der Waals surface area contributed by atoms with E-state index < -0.39 is 5.97 Å². The monoisotopic (exact) mass is 319 g/mol. The van der Waals surface area contributed by atoms with Gasteiger partial charge in [-0.2, -0.15) is 0 Å². The number of rotatable bonds is 4. The molecule has 0 heterocycles. The number of carbonyl (C=O) groups excluding carboxylic acids is 2. The van der Waals surface area contributed by atoms with Crippen molar-refractivity contribution < 1.29 is 19.4 Å². The molecule has 2 rings (SSSR count). The normalized spacial score (nSPS) is 24.0. The summed E-state index contributed by atoms with van der Waals surface area (Å²) in [7, 11) is 0. The number of aromatic hydroxyl groups is 1. The predicted octanol–water partition coefficient (Wildman–Crippen LogP) is 2.80. The highest BCUT2D eigenvalue weighted by atomic mass is 16.5. The quantitative estimate of drug-likeness (QED) is 0.837. The van der Waals surface area contributed by atoms with Gasteiger partial charge in [-0.25, -0.2) is 4.79 Å². The molecule has 0 aliphatic heterocycles. The average Bonchev–Trinajstić information content (AvgIpc) is 2.52. The molecular weight excluding hydrogens is 294 g/mol. The average molecular weight is 319 g/mol. The maximum atomic E-state index is 12.0. The van der Waals surface area contributed by atoms with Crippen molar-refractivity contribution >= 4 is 11.9 Å². The standard InChI is InChI=1S/C18H25NO4/c1-11-6-5-9-15(13(11)3)19-16(20)10-23-18(22)14-8-4-7-12(2)17(14)21/h4,7-8,11,13,15,21H,5-6,9-10H2,1-3H3,(H,19,20)/t11-,13+,15+/m0/s1. The number of amides is 1. The Balaban J connectivity index is 1.86. The number of phenolic OH excluding ortho intramolecular Hbond substituents is 1. The van der Waals surface area contributed by atoms with E-state index >= 15 is 0 Å². The van der Waals surface area contributed by atoms with E-state index in [0.29, 0.717) is 17.4 Å². The van der Waals surface area contributed by atoms with E-state index in [0.717, 1.165) is 12.8 Å². The molecule has 0 saturated heterocycles. The van der Waals surface area contributed by atoms with Crippen LogP contribution in [0.3, 0.4) is 0 Å². The fraction of sp³-hybridized carbons (Fsp3) is 0.556. The number of hydrogen-bond acceptors (Lipinski definition) is 4. The third kappa shape index (κ3) is 4.24. The van der Waals surface area contributed by atoms with Gasteiger partial charge in [0.05, 0.1) is 0 Å². The van der Waals surface area contributed by atoms with E-state index in [1.165, 1.54) is 12.5 Å². The van der Waals surface area contributed by atoms with E-state index in [1.54, 1.807) is 19.1 Å². The third-order valence-corrected chi connectivity index (χ3v) is 4.85.